The number of nitrogens with one attached hydrogen (secondary N) is 1. The maximum absolute atomic E-state index is 11.1. The molecule has 0 bridgehead atoms. The number of nitrogen functional groups attached to an aromatic ring is 1. The highest BCUT2D eigenvalue weighted by atomic mass is 16.6. The summed E-state index contributed by atoms with van der Waals surface area (Å²) in [4.78, 5) is 11.1. The normalized spacial score (nSPS) is 14.1. The van der Waals surface area contributed by atoms with E-state index in [1.54, 1.807) is 0 Å². The van der Waals surface area contributed by atoms with Crippen molar-refractivity contribution in [2.75, 3.05) is 16.2 Å². The van der Waals surface area contributed by atoms with Crippen LogP contribution in [0.15, 0.2) is 28.9 Å². The number of carbonyl (C=O) groups is 1. The molecule has 0 aliphatic heterocycles. The lowest BCUT2D eigenvalue weighted by atomic mass is 10.1. The summed E-state index contributed by atoms with van der Waals surface area (Å²) in [6, 6.07) is 7.91. The summed E-state index contributed by atoms with van der Waals surface area (Å²) in [6.07, 6.45) is 3.02. The lowest BCUT2D eigenvalue weighted by Gasteiger charge is -2.16. The van der Waals surface area contributed by atoms with Crippen molar-refractivity contribution in [3.63, 3.8) is 0 Å². The van der Waals surface area contributed by atoms with E-state index in [1.807, 2.05) is 18.2 Å². The maximum atomic E-state index is 11.1. The molecule has 3 N–H and O–H groups in total. The molecule has 1 aromatic heterocycles. The summed E-state index contributed by atoms with van der Waals surface area (Å²) < 4.78 is 4.47. The van der Waals surface area contributed by atoms with Gasteiger partial charge in [-0.05, 0) is 46.8 Å². The fourth-order valence-electron chi connectivity index (χ4n) is 1.91. The highest BCUT2D eigenvalue weighted by molar-refractivity contribution is 5.80. The molecule has 0 saturated heterocycles. The molecule has 1 amide bonds. The molecule has 2 aromatic rings. The Kier molecular flexibility index (Phi) is 2.79. The first-order valence-electron chi connectivity index (χ1n) is 5.97. The summed E-state index contributed by atoms with van der Waals surface area (Å²) >= 11 is 0. The number of carbonyl (C=O) groups excluding carboxylic acids is 1. The van der Waals surface area contributed by atoms with Crippen molar-refractivity contribution in [2.24, 2.45) is 0 Å². The molecule has 1 fully saturated rings. The fourth-order valence-corrected chi connectivity index (χ4v) is 1.91. The van der Waals surface area contributed by atoms with Gasteiger partial charge in [0.2, 0.25) is 18.0 Å². The average Bonchev–Trinajstić information content (AvgIpc) is 3.20. The molecule has 0 unspecified atom stereocenters. The SMILES string of the molecule is Nc1nonc1N(C=O)Nc1cccc(C2CC2)c1. The first-order chi connectivity index (χ1) is 9.28. The van der Waals surface area contributed by atoms with Crippen LogP contribution in [0.1, 0.15) is 24.3 Å². The van der Waals surface area contributed by atoms with Gasteiger partial charge in [-0.15, -0.1) is 0 Å². The van der Waals surface area contributed by atoms with E-state index in [1.165, 1.54) is 18.4 Å². The van der Waals surface area contributed by atoms with E-state index in [-0.39, 0.29) is 11.6 Å². The zero-order valence-corrected chi connectivity index (χ0v) is 10.1. The monoisotopic (exact) mass is 259 g/mol. The number of benzene rings is 1. The maximum Gasteiger partial charge on any atom is 0.243 e. The van der Waals surface area contributed by atoms with E-state index in [2.05, 4.69) is 26.4 Å². The van der Waals surface area contributed by atoms with E-state index < -0.39 is 0 Å². The first-order valence-corrected chi connectivity index (χ1v) is 5.97. The minimum absolute atomic E-state index is 0.0537. The molecule has 3 rings (SSSR count). The van der Waals surface area contributed by atoms with E-state index in [0.29, 0.717) is 12.3 Å². The number of nitrogens with zero attached hydrogens (tertiary/aromatic N) is 3. The van der Waals surface area contributed by atoms with Crippen LogP contribution < -0.4 is 16.2 Å². The van der Waals surface area contributed by atoms with E-state index in [9.17, 15) is 4.79 Å². The summed E-state index contributed by atoms with van der Waals surface area (Å²) in [7, 11) is 0. The first kappa shape index (κ1) is 11.5. The number of rotatable bonds is 5. The molecular formula is C12H13N5O2. The molecule has 1 saturated carbocycles. The Morgan fingerprint density at radius 2 is 2.26 bits per heavy atom. The van der Waals surface area contributed by atoms with Gasteiger partial charge in [0.25, 0.3) is 0 Å². The summed E-state index contributed by atoms with van der Waals surface area (Å²) in [5.41, 5.74) is 10.5. The molecule has 1 heterocycles. The Morgan fingerprint density at radius 1 is 1.42 bits per heavy atom. The smallest absolute Gasteiger partial charge is 0.243 e. The molecule has 1 aromatic carbocycles. The third-order valence-corrected chi connectivity index (χ3v) is 3.01. The van der Waals surface area contributed by atoms with Gasteiger partial charge >= 0.3 is 0 Å². The molecule has 0 radical (unpaired) electrons. The summed E-state index contributed by atoms with van der Waals surface area (Å²) in [5.74, 6) is 0.843. The number of hydrogen-bond acceptors (Lipinski definition) is 6. The van der Waals surface area contributed by atoms with Gasteiger partial charge in [-0.25, -0.2) is 9.64 Å². The molecule has 0 spiro atoms. The molecule has 1 aliphatic rings. The van der Waals surface area contributed by atoms with E-state index in [0.717, 1.165) is 10.7 Å². The summed E-state index contributed by atoms with van der Waals surface area (Å²) in [5, 5.41) is 8.14. The van der Waals surface area contributed by atoms with Gasteiger partial charge in [0.05, 0.1) is 5.69 Å². The highest BCUT2D eigenvalue weighted by Crippen LogP contribution is 2.40. The molecule has 7 nitrogen and oxygen atoms in total. The van der Waals surface area contributed by atoms with Gasteiger partial charge in [-0.3, -0.25) is 10.2 Å². The molecule has 7 heteroatoms. The van der Waals surface area contributed by atoms with Crippen LogP contribution in [0.3, 0.4) is 0 Å². The van der Waals surface area contributed by atoms with Gasteiger partial charge < -0.3 is 5.73 Å². The lowest BCUT2D eigenvalue weighted by Crippen LogP contribution is -2.29. The zero-order chi connectivity index (χ0) is 13.2. The number of hydrazine groups is 1. The van der Waals surface area contributed by atoms with Crippen molar-refractivity contribution >= 4 is 23.7 Å². The molecule has 1 aliphatic carbocycles. The van der Waals surface area contributed by atoms with Crippen LogP contribution in [0.2, 0.25) is 0 Å². The van der Waals surface area contributed by atoms with Crippen molar-refractivity contribution in [3.8, 4) is 0 Å². The zero-order valence-electron chi connectivity index (χ0n) is 10.1. The number of amides is 1. The topological polar surface area (TPSA) is 97.3 Å². The predicted molar refractivity (Wildman–Crippen MR) is 69.3 cm³/mol. The predicted octanol–water partition coefficient (Wildman–Crippen LogP) is 1.52. The van der Waals surface area contributed by atoms with Crippen LogP contribution in [0, 0.1) is 0 Å². The van der Waals surface area contributed by atoms with Gasteiger partial charge in [0, 0.05) is 0 Å². The molecule has 0 atom stereocenters. The number of hydrogen-bond donors (Lipinski definition) is 2. The largest absolute Gasteiger partial charge is 0.378 e. The van der Waals surface area contributed by atoms with Gasteiger partial charge in [0.15, 0.2) is 0 Å². The van der Waals surface area contributed by atoms with Crippen LogP contribution in [-0.2, 0) is 4.79 Å². The second-order valence-corrected chi connectivity index (χ2v) is 4.46. The van der Waals surface area contributed by atoms with Crippen LogP contribution in [0.5, 0.6) is 0 Å². The molecule has 98 valence electrons. The van der Waals surface area contributed by atoms with Crippen molar-refractivity contribution in [2.45, 2.75) is 18.8 Å². The number of nitrogens with two attached hydrogens (primary N) is 1. The van der Waals surface area contributed by atoms with Crippen molar-refractivity contribution in [1.29, 1.82) is 0 Å². The second kappa shape index (κ2) is 4.60. The molecule has 19 heavy (non-hydrogen) atoms. The number of anilines is 3. The minimum Gasteiger partial charge on any atom is -0.378 e. The number of aromatic nitrogens is 2. The van der Waals surface area contributed by atoms with Gasteiger partial charge in [0.1, 0.15) is 0 Å². The summed E-state index contributed by atoms with van der Waals surface area (Å²) in [6.45, 7) is 0. The second-order valence-electron chi connectivity index (χ2n) is 4.46. The van der Waals surface area contributed by atoms with Gasteiger partial charge in [-0.1, -0.05) is 12.1 Å². The lowest BCUT2D eigenvalue weighted by molar-refractivity contribution is -0.107. The fraction of sp³-hybridized carbons (Fsp3) is 0.250. The van der Waals surface area contributed by atoms with Crippen LogP contribution in [-0.4, -0.2) is 16.7 Å². The Balaban J connectivity index is 1.81. The minimum atomic E-state index is 0.0537. The average molecular weight is 259 g/mol. The molecular weight excluding hydrogens is 246 g/mol. The van der Waals surface area contributed by atoms with Crippen LogP contribution in [0.25, 0.3) is 0 Å². The Hall–Kier alpha value is -2.57. The highest BCUT2D eigenvalue weighted by Gasteiger charge is 2.23. The third kappa shape index (κ3) is 2.35. The van der Waals surface area contributed by atoms with Crippen LogP contribution >= 0.6 is 0 Å². The van der Waals surface area contributed by atoms with E-state index in [4.69, 9.17) is 5.73 Å². The van der Waals surface area contributed by atoms with Crippen molar-refractivity contribution in [1.82, 2.24) is 10.3 Å². The quantitative estimate of drug-likeness (QED) is 0.624. The van der Waals surface area contributed by atoms with Crippen molar-refractivity contribution in [3.05, 3.63) is 29.8 Å². The Morgan fingerprint density at radius 3 is 2.89 bits per heavy atom. The van der Waals surface area contributed by atoms with E-state index >= 15 is 0 Å². The standard InChI is InChI=1S/C12H13N5O2/c13-11-12(16-19-15-11)17(7-18)14-10-3-1-2-9(6-10)8-4-5-8/h1-3,6-8,14H,4-5H2,(H2,13,15). The third-order valence-electron chi connectivity index (χ3n) is 3.01. The Bertz CT molecular complexity index is 593. The van der Waals surface area contributed by atoms with Crippen LogP contribution in [0.4, 0.5) is 17.3 Å². The van der Waals surface area contributed by atoms with Crippen molar-refractivity contribution < 1.29 is 9.42 Å². The van der Waals surface area contributed by atoms with Gasteiger partial charge in [-0.2, -0.15) is 0 Å². The Labute approximate surface area is 109 Å².